The average Bonchev–Trinajstić information content (AvgIpc) is 1.65. The van der Waals surface area contributed by atoms with Gasteiger partial charge in [-0.3, -0.25) is 0 Å². The molecule has 0 amide bonds. The molecule has 0 fully saturated rings. The van der Waals surface area contributed by atoms with Crippen molar-refractivity contribution in [2.75, 3.05) is 7.11 Å². The summed E-state index contributed by atoms with van der Waals surface area (Å²) in [6.07, 6.45) is 0. The van der Waals surface area contributed by atoms with Crippen molar-refractivity contribution in [2.45, 2.75) is 0 Å². The molecule has 0 aromatic rings. The van der Waals surface area contributed by atoms with Gasteiger partial charge < -0.3 is 4.74 Å². The number of ether oxygens (including phenoxy) is 1. The molecule has 0 saturated carbocycles. The lowest BCUT2D eigenvalue weighted by atomic mass is 10.6. The molecule has 0 N–H and O–H groups in total. The van der Waals surface area contributed by atoms with Gasteiger partial charge in [0.1, 0.15) is 6.07 Å². The van der Waals surface area contributed by atoms with Gasteiger partial charge in [0.25, 0.3) is 0 Å². The van der Waals surface area contributed by atoms with Crippen LogP contribution in [0.2, 0.25) is 0 Å². The molecule has 0 spiro atoms. The highest BCUT2D eigenvalue weighted by Gasteiger charge is 1.76. The van der Waals surface area contributed by atoms with Crippen molar-refractivity contribution in [3.8, 4) is 6.07 Å². The summed E-state index contributed by atoms with van der Waals surface area (Å²) in [7, 11) is 1.41. The Morgan fingerprint density at radius 3 is 2.50 bits per heavy atom. The van der Waals surface area contributed by atoms with Crippen LogP contribution in [0, 0.1) is 11.3 Å². The summed E-state index contributed by atoms with van der Waals surface area (Å²) in [6, 6.07) is 1.70. The van der Waals surface area contributed by atoms with Crippen molar-refractivity contribution in [3.63, 3.8) is 0 Å². The zero-order chi connectivity index (χ0) is 4.99. The van der Waals surface area contributed by atoms with Gasteiger partial charge in [0.05, 0.1) is 7.11 Å². The highest BCUT2D eigenvalue weighted by Crippen LogP contribution is 1.81. The van der Waals surface area contributed by atoms with E-state index in [0.717, 1.165) is 0 Å². The molecule has 0 atom stereocenters. The first-order valence-corrected chi connectivity index (χ1v) is 1.44. The van der Waals surface area contributed by atoms with E-state index in [4.69, 9.17) is 5.26 Å². The van der Waals surface area contributed by atoms with Gasteiger partial charge in [0, 0.05) is 0 Å². The molecule has 0 aliphatic heterocycles. The minimum absolute atomic E-state index is 0.148. The average molecular weight is 83.1 g/mol. The summed E-state index contributed by atoms with van der Waals surface area (Å²) in [5, 5.41) is 7.86. The highest BCUT2D eigenvalue weighted by molar-refractivity contribution is 5.06. The minimum atomic E-state index is 0.148. The van der Waals surface area contributed by atoms with Crippen molar-refractivity contribution in [3.05, 3.63) is 12.3 Å². The third-order valence-corrected chi connectivity index (χ3v) is 0.371. The van der Waals surface area contributed by atoms with Gasteiger partial charge in [-0.1, -0.05) is 0 Å². The van der Waals surface area contributed by atoms with Crippen LogP contribution in [-0.2, 0) is 4.74 Å². The molecule has 2 heteroatoms. The molecule has 6 heavy (non-hydrogen) atoms. The van der Waals surface area contributed by atoms with Crippen LogP contribution in [0.1, 0.15) is 0 Å². The molecule has 0 unspecified atom stereocenters. The zero-order valence-corrected chi connectivity index (χ0v) is 3.56. The Balaban J connectivity index is 3.33. The Morgan fingerprint density at radius 2 is 2.50 bits per heavy atom. The molecule has 32 valence electrons. The second-order valence-corrected chi connectivity index (χ2v) is 0.739. The number of rotatable bonds is 1. The second-order valence-electron chi connectivity index (χ2n) is 0.739. The van der Waals surface area contributed by atoms with Crippen LogP contribution in [0.15, 0.2) is 12.3 Å². The summed E-state index contributed by atoms with van der Waals surface area (Å²) >= 11 is 0. The van der Waals surface area contributed by atoms with Gasteiger partial charge in [-0.25, -0.2) is 0 Å². The van der Waals surface area contributed by atoms with Crippen LogP contribution >= 0.6 is 0 Å². The number of hydrogen-bond acceptors (Lipinski definition) is 2. The van der Waals surface area contributed by atoms with E-state index in [1.807, 2.05) is 0 Å². The summed E-state index contributed by atoms with van der Waals surface area (Å²) < 4.78 is 4.34. The van der Waals surface area contributed by atoms with Crippen LogP contribution < -0.4 is 0 Å². The number of hydrogen-bond donors (Lipinski definition) is 0. The Morgan fingerprint density at radius 1 is 2.00 bits per heavy atom. The van der Waals surface area contributed by atoms with Crippen LogP contribution in [-0.4, -0.2) is 7.11 Å². The summed E-state index contributed by atoms with van der Waals surface area (Å²) in [4.78, 5) is 0. The molecule has 0 radical (unpaired) electrons. The lowest BCUT2D eigenvalue weighted by molar-refractivity contribution is 0.312. The fraction of sp³-hybridized carbons (Fsp3) is 0.250. The van der Waals surface area contributed by atoms with Crippen LogP contribution in [0.25, 0.3) is 0 Å². The van der Waals surface area contributed by atoms with Gasteiger partial charge in [-0.05, 0) is 6.58 Å². The molecule has 2 nitrogen and oxygen atoms in total. The molecule has 0 saturated heterocycles. The van der Waals surface area contributed by atoms with E-state index in [0.29, 0.717) is 0 Å². The van der Waals surface area contributed by atoms with Crippen LogP contribution in [0.3, 0.4) is 0 Å². The van der Waals surface area contributed by atoms with E-state index in [9.17, 15) is 0 Å². The maximum Gasteiger partial charge on any atom is 0.189 e. The monoisotopic (exact) mass is 83.0 g/mol. The third kappa shape index (κ3) is 1.36. The molecule has 0 aliphatic rings. The molecule has 0 aromatic carbocycles. The summed E-state index contributed by atoms with van der Waals surface area (Å²) in [5.41, 5.74) is 0. The first kappa shape index (κ1) is 5.03. The van der Waals surface area contributed by atoms with E-state index in [1.54, 1.807) is 6.07 Å². The summed E-state index contributed by atoms with van der Waals surface area (Å²) in [5.74, 6) is 0.148. The number of methoxy groups -OCH3 is 1. The highest BCUT2D eigenvalue weighted by atomic mass is 16.5. The molecule has 0 aromatic heterocycles. The van der Waals surface area contributed by atoms with Gasteiger partial charge in [-0.15, -0.1) is 0 Å². The zero-order valence-electron chi connectivity index (χ0n) is 3.56. The fourth-order valence-corrected chi connectivity index (χ4v) is 0.0456. The number of allylic oxidation sites excluding steroid dienone is 1. The third-order valence-electron chi connectivity index (χ3n) is 0.371. The SMILES string of the molecule is C=C(C#N)OC. The predicted octanol–water partition coefficient (Wildman–Crippen LogP) is 0.670. The lowest BCUT2D eigenvalue weighted by Gasteiger charge is -1.84. The molecule has 0 aliphatic carbocycles. The van der Waals surface area contributed by atoms with E-state index < -0.39 is 0 Å². The number of nitrogens with zero attached hydrogens (tertiary/aromatic N) is 1. The largest absolute Gasteiger partial charge is 0.487 e. The molecular formula is C4H5NO. The first-order valence-electron chi connectivity index (χ1n) is 1.44. The Kier molecular flexibility index (Phi) is 1.91. The van der Waals surface area contributed by atoms with Gasteiger partial charge >= 0.3 is 0 Å². The van der Waals surface area contributed by atoms with Crippen molar-refractivity contribution in [1.82, 2.24) is 0 Å². The van der Waals surface area contributed by atoms with Gasteiger partial charge in [-0.2, -0.15) is 5.26 Å². The fourth-order valence-electron chi connectivity index (χ4n) is 0.0456. The lowest BCUT2D eigenvalue weighted by Crippen LogP contribution is -1.74. The second kappa shape index (κ2) is 2.28. The van der Waals surface area contributed by atoms with Crippen LogP contribution in [0.4, 0.5) is 0 Å². The predicted molar refractivity (Wildman–Crippen MR) is 21.8 cm³/mol. The van der Waals surface area contributed by atoms with Crippen molar-refractivity contribution in [1.29, 1.82) is 5.26 Å². The quantitative estimate of drug-likeness (QED) is 0.345. The Labute approximate surface area is 36.7 Å². The molecular weight excluding hydrogens is 78.0 g/mol. The standard InChI is InChI=1S/C4H5NO/c1-4(3-5)6-2/h1H2,2H3. The van der Waals surface area contributed by atoms with Gasteiger partial charge in [0.2, 0.25) is 0 Å². The Bertz CT molecular complexity index is 90.2. The smallest absolute Gasteiger partial charge is 0.189 e. The molecule has 0 bridgehead atoms. The maximum atomic E-state index is 7.86. The maximum absolute atomic E-state index is 7.86. The van der Waals surface area contributed by atoms with E-state index >= 15 is 0 Å². The van der Waals surface area contributed by atoms with Crippen molar-refractivity contribution in [2.24, 2.45) is 0 Å². The van der Waals surface area contributed by atoms with E-state index in [2.05, 4.69) is 11.3 Å². The number of nitriles is 1. The van der Waals surface area contributed by atoms with E-state index in [-0.39, 0.29) is 5.76 Å². The topological polar surface area (TPSA) is 33.0 Å². The van der Waals surface area contributed by atoms with Gasteiger partial charge in [0.15, 0.2) is 5.76 Å². The van der Waals surface area contributed by atoms with Crippen LogP contribution in [0.5, 0.6) is 0 Å². The van der Waals surface area contributed by atoms with Crippen molar-refractivity contribution >= 4 is 0 Å². The molecule has 0 rings (SSSR count). The molecule has 0 heterocycles. The Hall–Kier alpha value is -0.970. The van der Waals surface area contributed by atoms with Crippen molar-refractivity contribution < 1.29 is 4.74 Å². The first-order chi connectivity index (χ1) is 2.81. The normalized spacial score (nSPS) is 6.00. The summed E-state index contributed by atoms with van der Waals surface area (Å²) in [6.45, 7) is 3.21. The minimum Gasteiger partial charge on any atom is -0.487 e. The van der Waals surface area contributed by atoms with E-state index in [1.165, 1.54) is 7.11 Å².